The predicted octanol–water partition coefficient (Wildman–Crippen LogP) is 6.93. The minimum Gasteiger partial charge on any atom is -0.423 e. The number of ether oxygens (including phenoxy) is 3. The van der Waals surface area contributed by atoms with Crippen molar-refractivity contribution in [1.29, 1.82) is 5.26 Å². The van der Waals surface area contributed by atoms with E-state index in [2.05, 4.69) is 13.2 Å². The minimum absolute atomic E-state index is 0. The average Bonchev–Trinajstić information content (AvgIpc) is 2.92. The van der Waals surface area contributed by atoms with Gasteiger partial charge in [0, 0.05) is 12.2 Å². The molecule has 3 rings (SSSR count). The fraction of sp³-hybridized carbons (Fsp3) is 0.161. The van der Waals surface area contributed by atoms with Crippen LogP contribution in [0.3, 0.4) is 0 Å². The summed E-state index contributed by atoms with van der Waals surface area (Å²) in [4.78, 5) is 33.9. The molecule has 0 aromatic heterocycles. The lowest BCUT2D eigenvalue weighted by Gasteiger charge is -2.06. The molecule has 3 aromatic carbocycles. The van der Waals surface area contributed by atoms with E-state index in [-0.39, 0.29) is 7.43 Å². The van der Waals surface area contributed by atoms with Crippen molar-refractivity contribution in [3.05, 3.63) is 114 Å². The van der Waals surface area contributed by atoms with Gasteiger partial charge in [0.15, 0.2) is 0 Å². The van der Waals surface area contributed by atoms with E-state index in [0.29, 0.717) is 28.4 Å². The van der Waals surface area contributed by atoms with Crippen LogP contribution in [0.2, 0.25) is 0 Å². The van der Waals surface area contributed by atoms with E-state index >= 15 is 0 Å². The van der Waals surface area contributed by atoms with E-state index in [0.717, 1.165) is 23.3 Å². The summed E-state index contributed by atoms with van der Waals surface area (Å²) in [5, 5.41) is 8.98. The maximum absolute atomic E-state index is 12.1. The Balaban J connectivity index is 0.000000773. The first-order chi connectivity index (χ1) is 17.7. The molecule has 7 heteroatoms. The van der Waals surface area contributed by atoms with Crippen LogP contribution in [0.15, 0.2) is 92.0 Å². The molecule has 0 aliphatic carbocycles. The Morgan fingerprint density at radius 2 is 1.18 bits per heavy atom. The van der Waals surface area contributed by atoms with Crippen molar-refractivity contribution in [2.75, 3.05) is 0 Å². The zero-order chi connectivity index (χ0) is 27.8. The monoisotopic (exact) mass is 515 g/mol. The first kappa shape index (κ1) is 33.0. The molecule has 0 unspecified atom stereocenters. The molecule has 0 spiro atoms. The largest absolute Gasteiger partial charge is 0.423 e. The summed E-state index contributed by atoms with van der Waals surface area (Å²) < 4.78 is 15.0. The van der Waals surface area contributed by atoms with Crippen molar-refractivity contribution in [2.24, 2.45) is 0 Å². The van der Waals surface area contributed by atoms with Crippen molar-refractivity contribution in [1.82, 2.24) is 0 Å². The molecule has 0 radical (unpaired) electrons. The van der Waals surface area contributed by atoms with Crippen molar-refractivity contribution >= 4 is 17.9 Å². The van der Waals surface area contributed by atoms with Crippen LogP contribution < -0.4 is 14.2 Å². The summed E-state index contributed by atoms with van der Waals surface area (Å²) in [6.07, 6.45) is 2.19. The predicted molar refractivity (Wildman–Crippen MR) is 148 cm³/mol. The molecule has 0 fully saturated rings. The van der Waals surface area contributed by atoms with Gasteiger partial charge in [0.25, 0.3) is 0 Å². The zero-order valence-corrected chi connectivity index (χ0v) is 21.3. The summed E-state index contributed by atoms with van der Waals surface area (Å²) in [6, 6.07) is 20.0. The summed E-state index contributed by atoms with van der Waals surface area (Å²) in [5.41, 5.74) is 2.68. The smallest absolute Gasteiger partial charge is 0.343 e. The molecular formula is C31H33NO6. The molecule has 3 aromatic rings. The van der Waals surface area contributed by atoms with Gasteiger partial charge in [-0.1, -0.05) is 58.2 Å². The van der Waals surface area contributed by atoms with Crippen LogP contribution in [0.25, 0.3) is 0 Å². The highest BCUT2D eigenvalue weighted by Gasteiger charge is 2.10. The van der Waals surface area contributed by atoms with E-state index in [1.54, 1.807) is 31.2 Å². The fourth-order valence-electron chi connectivity index (χ4n) is 2.53. The summed E-state index contributed by atoms with van der Waals surface area (Å²) in [5.74, 6) is -0.444. The number of carbonyl (C=O) groups excluding carboxylic acids is 3. The number of aryl methyl sites for hydroxylation is 2. The van der Waals surface area contributed by atoms with E-state index < -0.39 is 17.9 Å². The van der Waals surface area contributed by atoms with Gasteiger partial charge in [-0.15, -0.1) is 0 Å². The van der Waals surface area contributed by atoms with Crippen LogP contribution in [-0.4, -0.2) is 17.9 Å². The van der Waals surface area contributed by atoms with Crippen molar-refractivity contribution in [2.45, 2.75) is 35.1 Å². The van der Waals surface area contributed by atoms with Crippen LogP contribution in [0.1, 0.15) is 48.3 Å². The zero-order valence-electron chi connectivity index (χ0n) is 21.3. The Morgan fingerprint density at radius 1 is 0.737 bits per heavy atom. The second-order valence-electron chi connectivity index (χ2n) is 7.07. The molecule has 0 bridgehead atoms. The minimum atomic E-state index is -0.580. The highest BCUT2D eigenvalue weighted by atomic mass is 16.5. The molecule has 7 nitrogen and oxygen atoms in total. The quantitative estimate of drug-likeness (QED) is 0.199. The van der Waals surface area contributed by atoms with E-state index in [4.69, 9.17) is 19.5 Å². The molecule has 0 aliphatic heterocycles. The number of rotatable bonds is 6. The summed E-state index contributed by atoms with van der Waals surface area (Å²) in [7, 11) is 0. The van der Waals surface area contributed by atoms with Gasteiger partial charge in [0.1, 0.15) is 17.2 Å². The fourth-order valence-corrected chi connectivity index (χ4v) is 2.53. The molecular weight excluding hydrogens is 482 g/mol. The molecule has 198 valence electrons. The van der Waals surface area contributed by atoms with Crippen molar-refractivity contribution in [3.8, 4) is 23.3 Å². The Labute approximate surface area is 224 Å². The lowest BCUT2D eigenvalue weighted by molar-refractivity contribution is -0.129. The highest BCUT2D eigenvalue weighted by Crippen LogP contribution is 2.19. The van der Waals surface area contributed by atoms with Crippen LogP contribution >= 0.6 is 0 Å². The van der Waals surface area contributed by atoms with Crippen LogP contribution in [-0.2, 0) is 9.59 Å². The van der Waals surface area contributed by atoms with Gasteiger partial charge in [-0.2, -0.15) is 5.26 Å². The Hall–Kier alpha value is -4.96. The lowest BCUT2D eigenvalue weighted by Crippen LogP contribution is -2.09. The normalized spacial score (nSPS) is 8.82. The Bertz CT molecular complexity index is 1270. The molecule has 0 atom stereocenters. The second kappa shape index (κ2) is 17.5. The average molecular weight is 516 g/mol. The number of hydrogen-bond donors (Lipinski definition) is 0. The first-order valence-corrected chi connectivity index (χ1v) is 11.3. The van der Waals surface area contributed by atoms with Crippen LogP contribution in [0.5, 0.6) is 17.2 Å². The SMILES string of the molecule is C.C=CC(=O)Oc1ccc(C(=O)Oc2ccc(C)c(C#N)c2)cc1.C=CC(=O)Oc1ccc(C)cc1.CC. The molecule has 0 heterocycles. The second-order valence-corrected chi connectivity index (χ2v) is 7.07. The van der Waals surface area contributed by atoms with Crippen molar-refractivity contribution < 1.29 is 28.6 Å². The Kier molecular flexibility index (Phi) is 15.2. The third kappa shape index (κ3) is 11.2. The number of carbonyl (C=O) groups is 3. The molecule has 0 saturated heterocycles. The van der Waals surface area contributed by atoms with E-state index in [1.807, 2.05) is 39.0 Å². The topological polar surface area (TPSA) is 103 Å². The summed E-state index contributed by atoms with van der Waals surface area (Å²) in [6.45, 7) is 14.4. The van der Waals surface area contributed by atoms with E-state index in [9.17, 15) is 14.4 Å². The van der Waals surface area contributed by atoms with Gasteiger partial charge in [-0.3, -0.25) is 0 Å². The number of esters is 3. The number of nitrogens with zero attached hydrogens (tertiary/aromatic N) is 1. The third-order valence-electron chi connectivity index (χ3n) is 4.42. The molecule has 0 amide bonds. The molecule has 0 aliphatic rings. The number of benzene rings is 3. The third-order valence-corrected chi connectivity index (χ3v) is 4.42. The summed E-state index contributed by atoms with van der Waals surface area (Å²) >= 11 is 0. The molecule has 0 saturated carbocycles. The van der Waals surface area contributed by atoms with Gasteiger partial charge in [-0.25, -0.2) is 14.4 Å². The number of nitriles is 1. The maximum atomic E-state index is 12.1. The first-order valence-electron chi connectivity index (χ1n) is 11.3. The van der Waals surface area contributed by atoms with Gasteiger partial charge < -0.3 is 14.2 Å². The highest BCUT2D eigenvalue weighted by molar-refractivity contribution is 5.91. The molecule has 38 heavy (non-hydrogen) atoms. The van der Waals surface area contributed by atoms with Crippen molar-refractivity contribution in [3.63, 3.8) is 0 Å². The van der Waals surface area contributed by atoms with Crippen LogP contribution in [0.4, 0.5) is 0 Å². The lowest BCUT2D eigenvalue weighted by atomic mass is 10.1. The van der Waals surface area contributed by atoms with E-state index in [1.165, 1.54) is 30.3 Å². The van der Waals surface area contributed by atoms with Gasteiger partial charge in [0.05, 0.1) is 17.2 Å². The molecule has 0 N–H and O–H groups in total. The standard InChI is InChI=1S/C18H13NO4.C10H10O2.C2H6.CH4/c1-3-17(20)22-15-8-5-13(6-9-15)18(21)23-16-7-4-12(2)14(10-16)11-19;1-3-10(11)12-9-6-4-8(2)5-7-9;1-2;/h3-10H,1H2,2H3;3-7H,1H2,2H3;1-2H3;1H4. The van der Waals surface area contributed by atoms with Crippen LogP contribution in [0, 0.1) is 25.2 Å². The van der Waals surface area contributed by atoms with Gasteiger partial charge >= 0.3 is 17.9 Å². The number of hydrogen-bond acceptors (Lipinski definition) is 7. The van der Waals surface area contributed by atoms with Gasteiger partial charge in [0.2, 0.25) is 0 Å². The maximum Gasteiger partial charge on any atom is 0.343 e. The Morgan fingerprint density at radius 3 is 1.63 bits per heavy atom. The van der Waals surface area contributed by atoms with Gasteiger partial charge in [-0.05, 0) is 67.9 Å².